The first-order valence-electron chi connectivity index (χ1n) is 5.87. The Morgan fingerprint density at radius 3 is 2.85 bits per heavy atom. The summed E-state index contributed by atoms with van der Waals surface area (Å²) in [5.74, 6) is 0. The molecule has 0 radical (unpaired) electrons. The van der Waals surface area contributed by atoms with Gasteiger partial charge in [-0.05, 0) is 12.5 Å². The molecule has 1 N–H and O–H groups in total. The third-order valence-corrected chi connectivity index (χ3v) is 2.91. The van der Waals surface area contributed by atoms with E-state index in [9.17, 15) is 15.2 Å². The minimum atomic E-state index is -0.469. The predicted molar refractivity (Wildman–Crippen MR) is 69.4 cm³/mol. The summed E-state index contributed by atoms with van der Waals surface area (Å²) in [5, 5.41) is 27.9. The number of aliphatic hydroxyl groups excluding tert-OH is 1. The van der Waals surface area contributed by atoms with Crippen LogP contribution in [0.25, 0.3) is 5.69 Å². The van der Waals surface area contributed by atoms with Crippen LogP contribution in [0.15, 0.2) is 18.2 Å². The largest absolute Gasteiger partial charge is 0.390 e. The molecule has 0 saturated heterocycles. The summed E-state index contributed by atoms with van der Waals surface area (Å²) in [5.41, 5.74) is 2.27. The number of non-ortho nitro benzene ring substituents is 1. The number of aromatic nitrogens is 3. The molecule has 0 unspecified atom stereocenters. The number of nitrogens with zero attached hydrogens (tertiary/aromatic N) is 4. The van der Waals surface area contributed by atoms with Crippen LogP contribution in [-0.4, -0.2) is 32.1 Å². The maximum absolute atomic E-state index is 10.9. The number of hydrogen-bond donors (Lipinski definition) is 1. The molecular weight excluding hydrogens is 264 g/mol. The third-order valence-electron chi connectivity index (χ3n) is 2.91. The standard InChI is InChI=1S/C12H14N4O4/c1-8-3-4-9(16(18)19)5-11(8)15-12(7-20-2)10(6-17)13-14-15/h3-5,17H,6-7H2,1-2H3. The van der Waals surface area contributed by atoms with Gasteiger partial charge in [0.25, 0.3) is 5.69 Å². The molecule has 0 aliphatic heterocycles. The van der Waals surface area contributed by atoms with Crippen LogP contribution in [0, 0.1) is 17.0 Å². The molecule has 20 heavy (non-hydrogen) atoms. The number of hydrogen-bond acceptors (Lipinski definition) is 6. The van der Waals surface area contributed by atoms with E-state index in [1.165, 1.54) is 23.9 Å². The van der Waals surface area contributed by atoms with Gasteiger partial charge in [0.15, 0.2) is 0 Å². The first-order chi connectivity index (χ1) is 9.58. The second kappa shape index (κ2) is 5.76. The molecular formula is C12H14N4O4. The van der Waals surface area contributed by atoms with Crippen molar-refractivity contribution in [2.45, 2.75) is 20.1 Å². The SMILES string of the molecule is COCc1c(CO)nnn1-c1cc([N+](=O)[O-])ccc1C. The van der Waals surface area contributed by atoms with Crippen LogP contribution in [0.1, 0.15) is 17.0 Å². The molecule has 8 nitrogen and oxygen atoms in total. The summed E-state index contributed by atoms with van der Waals surface area (Å²) < 4.78 is 6.52. The van der Waals surface area contributed by atoms with E-state index >= 15 is 0 Å². The number of aliphatic hydroxyl groups is 1. The van der Waals surface area contributed by atoms with Crippen LogP contribution >= 0.6 is 0 Å². The molecule has 0 atom stereocenters. The first-order valence-corrected chi connectivity index (χ1v) is 5.87. The zero-order chi connectivity index (χ0) is 14.7. The quantitative estimate of drug-likeness (QED) is 0.649. The normalized spacial score (nSPS) is 10.8. The molecule has 106 valence electrons. The molecule has 1 heterocycles. The lowest BCUT2D eigenvalue weighted by Crippen LogP contribution is -2.07. The van der Waals surface area contributed by atoms with Crippen molar-refractivity contribution in [3.63, 3.8) is 0 Å². The van der Waals surface area contributed by atoms with Crippen molar-refractivity contribution in [2.24, 2.45) is 0 Å². The molecule has 2 rings (SSSR count). The Morgan fingerprint density at radius 2 is 2.25 bits per heavy atom. The summed E-state index contributed by atoms with van der Waals surface area (Å²) in [4.78, 5) is 10.4. The van der Waals surface area contributed by atoms with Crippen molar-refractivity contribution in [3.05, 3.63) is 45.3 Å². The average Bonchev–Trinajstić information content (AvgIpc) is 2.82. The molecule has 0 aliphatic carbocycles. The monoisotopic (exact) mass is 278 g/mol. The highest BCUT2D eigenvalue weighted by atomic mass is 16.6. The van der Waals surface area contributed by atoms with Gasteiger partial charge in [0, 0.05) is 19.2 Å². The first kappa shape index (κ1) is 14.1. The van der Waals surface area contributed by atoms with Gasteiger partial charge >= 0.3 is 0 Å². The Balaban J connectivity index is 2.58. The fourth-order valence-corrected chi connectivity index (χ4v) is 1.87. The van der Waals surface area contributed by atoms with Crippen LogP contribution < -0.4 is 0 Å². The van der Waals surface area contributed by atoms with Gasteiger partial charge in [-0.3, -0.25) is 10.1 Å². The molecule has 0 bridgehead atoms. The van der Waals surface area contributed by atoms with Crippen molar-refractivity contribution < 1.29 is 14.8 Å². The number of methoxy groups -OCH3 is 1. The zero-order valence-electron chi connectivity index (χ0n) is 11.1. The van der Waals surface area contributed by atoms with Gasteiger partial charge in [-0.15, -0.1) is 5.10 Å². The van der Waals surface area contributed by atoms with Crippen LogP contribution in [0.3, 0.4) is 0 Å². The molecule has 1 aromatic carbocycles. The predicted octanol–water partition coefficient (Wildman–Crippen LogP) is 1.12. The van der Waals surface area contributed by atoms with Gasteiger partial charge in [0.05, 0.1) is 29.5 Å². The van der Waals surface area contributed by atoms with Crippen molar-refractivity contribution in [1.82, 2.24) is 15.0 Å². The summed E-state index contributed by atoms with van der Waals surface area (Å²) in [6, 6.07) is 4.49. The van der Waals surface area contributed by atoms with Crippen molar-refractivity contribution in [3.8, 4) is 5.69 Å². The molecule has 0 amide bonds. The highest BCUT2D eigenvalue weighted by Gasteiger charge is 2.17. The van der Waals surface area contributed by atoms with E-state index < -0.39 is 4.92 Å². The second-order valence-corrected chi connectivity index (χ2v) is 4.21. The molecule has 0 saturated carbocycles. The minimum Gasteiger partial charge on any atom is -0.390 e. The smallest absolute Gasteiger partial charge is 0.271 e. The number of rotatable bonds is 5. The van der Waals surface area contributed by atoms with E-state index in [-0.39, 0.29) is 18.9 Å². The summed E-state index contributed by atoms with van der Waals surface area (Å²) >= 11 is 0. The van der Waals surface area contributed by atoms with E-state index in [0.717, 1.165) is 5.56 Å². The average molecular weight is 278 g/mol. The molecule has 1 aromatic heterocycles. The van der Waals surface area contributed by atoms with Crippen molar-refractivity contribution in [2.75, 3.05) is 7.11 Å². The van der Waals surface area contributed by atoms with Crippen LogP contribution in [0.4, 0.5) is 5.69 Å². The van der Waals surface area contributed by atoms with E-state index in [1.54, 1.807) is 6.07 Å². The van der Waals surface area contributed by atoms with Crippen LogP contribution in [-0.2, 0) is 18.0 Å². The highest BCUT2D eigenvalue weighted by molar-refractivity contribution is 5.49. The fraction of sp³-hybridized carbons (Fsp3) is 0.333. The molecule has 0 spiro atoms. The number of nitro groups is 1. The lowest BCUT2D eigenvalue weighted by Gasteiger charge is -2.09. The maximum Gasteiger partial charge on any atom is 0.271 e. The summed E-state index contributed by atoms with van der Waals surface area (Å²) in [7, 11) is 1.51. The molecule has 2 aromatic rings. The topological polar surface area (TPSA) is 103 Å². The van der Waals surface area contributed by atoms with Crippen molar-refractivity contribution >= 4 is 5.69 Å². The molecule has 8 heteroatoms. The number of nitro benzene ring substituents is 1. The third kappa shape index (κ3) is 2.51. The van der Waals surface area contributed by atoms with E-state index in [0.29, 0.717) is 17.1 Å². The second-order valence-electron chi connectivity index (χ2n) is 4.21. The van der Waals surface area contributed by atoms with Crippen molar-refractivity contribution in [1.29, 1.82) is 0 Å². The number of ether oxygens (including phenoxy) is 1. The van der Waals surface area contributed by atoms with Gasteiger partial charge in [0.1, 0.15) is 5.69 Å². The van der Waals surface area contributed by atoms with Gasteiger partial charge in [-0.25, -0.2) is 4.68 Å². The Hall–Kier alpha value is -2.32. The summed E-state index contributed by atoms with van der Waals surface area (Å²) in [6.07, 6.45) is 0. The zero-order valence-corrected chi connectivity index (χ0v) is 11.1. The van der Waals surface area contributed by atoms with Gasteiger partial charge in [-0.2, -0.15) is 0 Å². The lowest BCUT2D eigenvalue weighted by atomic mass is 10.1. The molecule has 0 aliphatic rings. The van der Waals surface area contributed by atoms with Gasteiger partial charge in [-0.1, -0.05) is 11.3 Å². The van der Waals surface area contributed by atoms with E-state index in [1.807, 2.05) is 6.92 Å². The lowest BCUT2D eigenvalue weighted by molar-refractivity contribution is -0.384. The van der Waals surface area contributed by atoms with Gasteiger partial charge < -0.3 is 9.84 Å². The Bertz CT molecular complexity index is 638. The van der Waals surface area contributed by atoms with Crippen LogP contribution in [0.5, 0.6) is 0 Å². The Labute approximate surface area is 114 Å². The highest BCUT2D eigenvalue weighted by Crippen LogP contribution is 2.22. The van der Waals surface area contributed by atoms with E-state index in [2.05, 4.69) is 10.3 Å². The minimum absolute atomic E-state index is 0.0324. The Kier molecular flexibility index (Phi) is 4.06. The van der Waals surface area contributed by atoms with Gasteiger partial charge in [0.2, 0.25) is 0 Å². The maximum atomic E-state index is 10.9. The van der Waals surface area contributed by atoms with Crippen LogP contribution in [0.2, 0.25) is 0 Å². The fourth-order valence-electron chi connectivity index (χ4n) is 1.87. The number of aryl methyl sites for hydroxylation is 1. The van der Waals surface area contributed by atoms with E-state index in [4.69, 9.17) is 4.74 Å². The number of benzene rings is 1. The molecule has 0 fully saturated rings. The Morgan fingerprint density at radius 1 is 1.50 bits per heavy atom. The summed E-state index contributed by atoms with van der Waals surface area (Å²) in [6.45, 7) is 1.74.